The Balaban J connectivity index is 0.00000363. The Morgan fingerprint density at radius 2 is 1.94 bits per heavy atom. The summed E-state index contributed by atoms with van der Waals surface area (Å²) < 4.78 is 11.0. The van der Waals surface area contributed by atoms with Crippen molar-refractivity contribution in [2.45, 2.75) is 39.8 Å². The first kappa shape index (κ1) is 26.2. The first-order valence-corrected chi connectivity index (χ1v) is 11.1. The summed E-state index contributed by atoms with van der Waals surface area (Å²) in [5.41, 5.74) is 3.35. The van der Waals surface area contributed by atoms with Crippen molar-refractivity contribution in [3.05, 3.63) is 53.2 Å². The van der Waals surface area contributed by atoms with E-state index in [0.717, 1.165) is 48.3 Å². The van der Waals surface area contributed by atoms with Gasteiger partial charge in [-0.1, -0.05) is 18.2 Å². The first-order chi connectivity index (χ1) is 15.2. The van der Waals surface area contributed by atoms with E-state index in [2.05, 4.69) is 64.7 Å². The van der Waals surface area contributed by atoms with Gasteiger partial charge in [-0.05, 0) is 49.9 Å². The molecule has 1 aliphatic heterocycles. The van der Waals surface area contributed by atoms with E-state index in [1.54, 1.807) is 7.11 Å². The van der Waals surface area contributed by atoms with Crippen LogP contribution in [0.1, 0.15) is 36.5 Å². The third-order valence-corrected chi connectivity index (χ3v) is 5.22. The van der Waals surface area contributed by atoms with E-state index in [1.807, 2.05) is 6.20 Å². The maximum atomic E-state index is 5.90. The standard InChI is InChI=1S/C24H35N5O2.HI/c1-4-25-24(27-17-20-8-10-23(26-16-20)29-11-5-6-12-29)28-18-21-9-7-19(2)15-22(21)31-14-13-30-3;/h7-10,15-16H,4-6,11-14,17-18H2,1-3H3,(H2,25,27,28);1H. The van der Waals surface area contributed by atoms with Crippen molar-refractivity contribution in [2.75, 3.05) is 44.9 Å². The van der Waals surface area contributed by atoms with Crippen LogP contribution in [-0.2, 0) is 17.8 Å². The minimum absolute atomic E-state index is 0. The molecule has 2 heterocycles. The van der Waals surface area contributed by atoms with E-state index in [9.17, 15) is 0 Å². The van der Waals surface area contributed by atoms with Gasteiger partial charge in [0.05, 0.1) is 13.2 Å². The van der Waals surface area contributed by atoms with Crippen LogP contribution < -0.4 is 20.3 Å². The fourth-order valence-corrected chi connectivity index (χ4v) is 3.51. The van der Waals surface area contributed by atoms with Crippen molar-refractivity contribution in [3.63, 3.8) is 0 Å². The van der Waals surface area contributed by atoms with Crippen molar-refractivity contribution >= 4 is 35.8 Å². The number of benzene rings is 1. The van der Waals surface area contributed by atoms with Gasteiger partial charge in [0, 0.05) is 45.0 Å². The second kappa shape index (κ2) is 14.2. The quantitative estimate of drug-likeness (QED) is 0.202. The number of rotatable bonds is 10. The van der Waals surface area contributed by atoms with Crippen molar-refractivity contribution in [2.24, 2.45) is 4.99 Å². The molecule has 0 unspecified atom stereocenters. The van der Waals surface area contributed by atoms with Gasteiger partial charge in [-0.3, -0.25) is 0 Å². The smallest absolute Gasteiger partial charge is 0.191 e. The summed E-state index contributed by atoms with van der Waals surface area (Å²) in [5.74, 6) is 2.72. The lowest BCUT2D eigenvalue weighted by atomic mass is 10.1. The van der Waals surface area contributed by atoms with Crippen LogP contribution in [0.2, 0.25) is 0 Å². The number of aryl methyl sites for hydroxylation is 1. The number of halogens is 1. The van der Waals surface area contributed by atoms with Gasteiger partial charge < -0.3 is 25.0 Å². The van der Waals surface area contributed by atoms with Gasteiger partial charge in [0.15, 0.2) is 5.96 Å². The monoisotopic (exact) mass is 553 g/mol. The number of ether oxygens (including phenoxy) is 2. The molecule has 8 heteroatoms. The van der Waals surface area contributed by atoms with Crippen LogP contribution in [0.3, 0.4) is 0 Å². The minimum atomic E-state index is 0. The Labute approximate surface area is 209 Å². The predicted molar refractivity (Wildman–Crippen MR) is 141 cm³/mol. The molecule has 1 aromatic carbocycles. The summed E-state index contributed by atoms with van der Waals surface area (Å²) >= 11 is 0. The molecule has 0 bridgehead atoms. The van der Waals surface area contributed by atoms with Crippen LogP contribution in [0.5, 0.6) is 5.75 Å². The SMILES string of the molecule is CCNC(=NCc1ccc(N2CCCC2)nc1)NCc1ccc(C)cc1OCCOC.I. The van der Waals surface area contributed by atoms with Crippen molar-refractivity contribution in [1.29, 1.82) is 0 Å². The fraction of sp³-hybridized carbons (Fsp3) is 0.500. The highest BCUT2D eigenvalue weighted by atomic mass is 127. The van der Waals surface area contributed by atoms with Crippen molar-refractivity contribution in [1.82, 2.24) is 15.6 Å². The van der Waals surface area contributed by atoms with E-state index in [0.29, 0.717) is 26.3 Å². The van der Waals surface area contributed by atoms with E-state index in [4.69, 9.17) is 14.5 Å². The third-order valence-electron chi connectivity index (χ3n) is 5.22. The molecule has 1 fully saturated rings. The molecule has 0 radical (unpaired) electrons. The maximum absolute atomic E-state index is 5.90. The van der Waals surface area contributed by atoms with Crippen molar-refractivity contribution < 1.29 is 9.47 Å². The lowest BCUT2D eigenvalue weighted by Crippen LogP contribution is -2.36. The molecule has 0 saturated carbocycles. The van der Waals surface area contributed by atoms with Crippen LogP contribution in [0.25, 0.3) is 0 Å². The average Bonchev–Trinajstić information content (AvgIpc) is 3.32. The number of aliphatic imine (C=N–C) groups is 1. The highest BCUT2D eigenvalue weighted by Gasteiger charge is 2.13. The Morgan fingerprint density at radius 1 is 1.12 bits per heavy atom. The Bertz CT molecular complexity index is 839. The van der Waals surface area contributed by atoms with Gasteiger partial charge in [-0.2, -0.15) is 0 Å². The van der Waals surface area contributed by atoms with E-state index in [-0.39, 0.29) is 24.0 Å². The Hall–Kier alpha value is -2.07. The molecule has 0 spiro atoms. The topological polar surface area (TPSA) is 71.0 Å². The van der Waals surface area contributed by atoms with E-state index < -0.39 is 0 Å². The summed E-state index contributed by atoms with van der Waals surface area (Å²) in [7, 11) is 1.68. The highest BCUT2D eigenvalue weighted by molar-refractivity contribution is 14.0. The largest absolute Gasteiger partial charge is 0.491 e. The summed E-state index contributed by atoms with van der Waals surface area (Å²) in [6.07, 6.45) is 4.44. The van der Waals surface area contributed by atoms with Crippen LogP contribution in [0.4, 0.5) is 5.82 Å². The minimum Gasteiger partial charge on any atom is -0.491 e. The molecule has 2 N–H and O–H groups in total. The zero-order valence-electron chi connectivity index (χ0n) is 19.4. The molecular formula is C24H36IN5O2. The third kappa shape index (κ3) is 8.12. The van der Waals surface area contributed by atoms with Gasteiger partial charge in [-0.25, -0.2) is 9.98 Å². The molecule has 32 heavy (non-hydrogen) atoms. The Morgan fingerprint density at radius 3 is 2.62 bits per heavy atom. The predicted octanol–water partition coefficient (Wildman–Crippen LogP) is 3.89. The molecule has 176 valence electrons. The number of aromatic nitrogens is 1. The lowest BCUT2D eigenvalue weighted by molar-refractivity contribution is 0.145. The lowest BCUT2D eigenvalue weighted by Gasteiger charge is -2.16. The summed E-state index contributed by atoms with van der Waals surface area (Å²) in [5, 5.41) is 6.72. The van der Waals surface area contributed by atoms with Gasteiger partial charge in [0.1, 0.15) is 18.2 Å². The molecule has 7 nitrogen and oxygen atoms in total. The van der Waals surface area contributed by atoms with Crippen molar-refractivity contribution in [3.8, 4) is 5.75 Å². The zero-order chi connectivity index (χ0) is 21.9. The molecule has 1 aliphatic rings. The maximum Gasteiger partial charge on any atom is 0.191 e. The molecule has 1 saturated heterocycles. The zero-order valence-corrected chi connectivity index (χ0v) is 21.7. The van der Waals surface area contributed by atoms with Gasteiger partial charge >= 0.3 is 0 Å². The molecule has 3 rings (SSSR count). The van der Waals surface area contributed by atoms with Crippen LogP contribution >= 0.6 is 24.0 Å². The van der Waals surface area contributed by atoms with Gasteiger partial charge in [-0.15, -0.1) is 24.0 Å². The number of nitrogens with one attached hydrogen (secondary N) is 2. The molecule has 1 aromatic heterocycles. The number of guanidine groups is 1. The molecule has 2 aromatic rings. The number of pyridine rings is 1. The van der Waals surface area contributed by atoms with Crippen LogP contribution in [0, 0.1) is 6.92 Å². The summed E-state index contributed by atoms with van der Waals surface area (Å²) in [6.45, 7) is 9.43. The van der Waals surface area contributed by atoms with Crippen LogP contribution in [-0.4, -0.2) is 50.9 Å². The first-order valence-electron chi connectivity index (χ1n) is 11.1. The highest BCUT2D eigenvalue weighted by Crippen LogP contribution is 2.20. The number of anilines is 1. The second-order valence-corrected chi connectivity index (χ2v) is 7.72. The normalized spacial score (nSPS) is 13.6. The number of hydrogen-bond donors (Lipinski definition) is 2. The number of hydrogen-bond acceptors (Lipinski definition) is 5. The second-order valence-electron chi connectivity index (χ2n) is 7.72. The summed E-state index contributed by atoms with van der Waals surface area (Å²) in [6, 6.07) is 10.5. The van der Waals surface area contributed by atoms with Crippen LogP contribution in [0.15, 0.2) is 41.5 Å². The molecule has 0 amide bonds. The molecule has 0 atom stereocenters. The Kier molecular flexibility index (Phi) is 11.6. The van der Waals surface area contributed by atoms with Gasteiger partial charge in [0.2, 0.25) is 0 Å². The van der Waals surface area contributed by atoms with E-state index in [1.165, 1.54) is 18.4 Å². The fourth-order valence-electron chi connectivity index (χ4n) is 3.51. The molecule has 0 aliphatic carbocycles. The number of methoxy groups -OCH3 is 1. The molecular weight excluding hydrogens is 517 g/mol. The number of nitrogens with zero attached hydrogens (tertiary/aromatic N) is 3. The van der Waals surface area contributed by atoms with E-state index >= 15 is 0 Å². The van der Waals surface area contributed by atoms with Gasteiger partial charge in [0.25, 0.3) is 0 Å². The average molecular weight is 553 g/mol. The summed E-state index contributed by atoms with van der Waals surface area (Å²) in [4.78, 5) is 11.7.